The number of esters is 1. The highest BCUT2D eigenvalue weighted by molar-refractivity contribution is 6.31. The molecule has 1 N–H and O–H groups in total. The van der Waals surface area contributed by atoms with E-state index >= 15 is 0 Å². The zero-order valence-electron chi connectivity index (χ0n) is 12.2. The molecule has 0 aliphatic heterocycles. The Morgan fingerprint density at radius 2 is 1.83 bits per heavy atom. The van der Waals surface area contributed by atoms with Crippen LogP contribution < -0.4 is 5.32 Å². The van der Waals surface area contributed by atoms with Gasteiger partial charge in [0.1, 0.15) is 5.58 Å². The number of halogens is 2. The lowest BCUT2D eigenvalue weighted by molar-refractivity contribution is -0.119. The summed E-state index contributed by atoms with van der Waals surface area (Å²) in [6, 6.07) is 13.1. The summed E-state index contributed by atoms with van der Waals surface area (Å²) >= 11 is 11.7. The van der Waals surface area contributed by atoms with Crippen LogP contribution in [0.5, 0.6) is 0 Å². The third-order valence-corrected chi connectivity index (χ3v) is 3.59. The first-order chi connectivity index (χ1) is 11.5. The maximum atomic E-state index is 12.0. The normalized spacial score (nSPS) is 10.6. The van der Waals surface area contributed by atoms with Crippen molar-refractivity contribution in [3.05, 3.63) is 64.3 Å². The summed E-state index contributed by atoms with van der Waals surface area (Å²) in [5.74, 6) is -1.21. The molecular formula is C17H11Cl2NO4. The standard InChI is InChI=1S/C17H11Cl2NO4/c18-11-2-1-3-13(8-11)20-16(21)9-23-17(22)15-7-10-6-12(19)4-5-14(10)24-15/h1-8H,9H2,(H,20,21). The monoisotopic (exact) mass is 363 g/mol. The number of carbonyl (C=O) groups excluding carboxylic acids is 2. The van der Waals surface area contributed by atoms with Crippen molar-refractivity contribution >= 4 is 51.7 Å². The average Bonchev–Trinajstić information content (AvgIpc) is 2.95. The van der Waals surface area contributed by atoms with E-state index in [0.717, 1.165) is 0 Å². The number of anilines is 1. The van der Waals surface area contributed by atoms with Crippen LogP contribution in [0.1, 0.15) is 10.6 Å². The Kier molecular flexibility index (Phi) is 4.74. The highest BCUT2D eigenvalue weighted by Gasteiger charge is 2.15. The molecule has 0 bridgehead atoms. The Balaban J connectivity index is 1.60. The second-order valence-electron chi connectivity index (χ2n) is 4.93. The number of furan rings is 1. The zero-order chi connectivity index (χ0) is 17.1. The van der Waals surface area contributed by atoms with E-state index in [0.29, 0.717) is 26.7 Å². The fraction of sp³-hybridized carbons (Fsp3) is 0.0588. The van der Waals surface area contributed by atoms with Crippen LogP contribution in [0.4, 0.5) is 5.69 Å². The van der Waals surface area contributed by atoms with Gasteiger partial charge in [-0.2, -0.15) is 0 Å². The van der Waals surface area contributed by atoms with Crippen LogP contribution in [0, 0.1) is 0 Å². The van der Waals surface area contributed by atoms with E-state index in [4.69, 9.17) is 32.4 Å². The van der Waals surface area contributed by atoms with Gasteiger partial charge in [0.05, 0.1) is 0 Å². The molecule has 0 fully saturated rings. The molecule has 0 saturated carbocycles. The number of nitrogens with one attached hydrogen (secondary N) is 1. The van der Waals surface area contributed by atoms with E-state index in [9.17, 15) is 9.59 Å². The Morgan fingerprint density at radius 3 is 2.62 bits per heavy atom. The van der Waals surface area contributed by atoms with Gasteiger partial charge in [-0.3, -0.25) is 4.79 Å². The van der Waals surface area contributed by atoms with Gasteiger partial charge < -0.3 is 14.5 Å². The van der Waals surface area contributed by atoms with Crippen LogP contribution in [-0.4, -0.2) is 18.5 Å². The van der Waals surface area contributed by atoms with Gasteiger partial charge in [0.15, 0.2) is 6.61 Å². The number of carbonyl (C=O) groups is 2. The van der Waals surface area contributed by atoms with Crippen molar-refractivity contribution < 1.29 is 18.7 Å². The van der Waals surface area contributed by atoms with Crippen LogP contribution in [0.2, 0.25) is 10.0 Å². The van der Waals surface area contributed by atoms with Gasteiger partial charge in [-0.15, -0.1) is 0 Å². The van der Waals surface area contributed by atoms with Crippen molar-refractivity contribution in [2.24, 2.45) is 0 Å². The quantitative estimate of drug-likeness (QED) is 0.691. The van der Waals surface area contributed by atoms with Crippen LogP contribution in [0.3, 0.4) is 0 Å². The predicted molar refractivity (Wildman–Crippen MR) is 91.6 cm³/mol. The molecule has 0 aliphatic carbocycles. The lowest BCUT2D eigenvalue weighted by atomic mass is 10.2. The first kappa shape index (κ1) is 16.4. The molecule has 1 aromatic heterocycles. The van der Waals surface area contributed by atoms with Crippen LogP contribution in [0.25, 0.3) is 11.0 Å². The van der Waals surface area contributed by atoms with Crippen molar-refractivity contribution in [2.75, 3.05) is 11.9 Å². The summed E-state index contributed by atoms with van der Waals surface area (Å²) in [5, 5.41) is 4.28. The Hall–Kier alpha value is -2.50. The summed E-state index contributed by atoms with van der Waals surface area (Å²) in [6.07, 6.45) is 0. The Bertz CT molecular complexity index is 920. The number of rotatable bonds is 4. The number of hydrogen-bond donors (Lipinski definition) is 1. The van der Waals surface area contributed by atoms with Crippen LogP contribution in [-0.2, 0) is 9.53 Å². The molecule has 0 spiro atoms. The van der Waals surface area contributed by atoms with Gasteiger partial charge in [0, 0.05) is 21.1 Å². The van der Waals surface area contributed by atoms with E-state index in [1.54, 1.807) is 42.5 Å². The minimum absolute atomic E-state index is 0.00261. The molecule has 7 heteroatoms. The molecule has 1 heterocycles. The number of hydrogen-bond acceptors (Lipinski definition) is 4. The molecule has 5 nitrogen and oxygen atoms in total. The van der Waals surface area contributed by atoms with Crippen molar-refractivity contribution in [3.8, 4) is 0 Å². The van der Waals surface area contributed by atoms with E-state index in [1.165, 1.54) is 6.07 Å². The molecule has 24 heavy (non-hydrogen) atoms. The van der Waals surface area contributed by atoms with Crippen molar-refractivity contribution in [1.82, 2.24) is 0 Å². The van der Waals surface area contributed by atoms with E-state index in [1.807, 2.05) is 0 Å². The minimum Gasteiger partial charge on any atom is -0.450 e. The van der Waals surface area contributed by atoms with Crippen molar-refractivity contribution in [3.63, 3.8) is 0 Å². The zero-order valence-corrected chi connectivity index (χ0v) is 13.7. The van der Waals surface area contributed by atoms with Gasteiger partial charge in [-0.05, 0) is 42.5 Å². The van der Waals surface area contributed by atoms with Crippen LogP contribution >= 0.6 is 23.2 Å². The van der Waals surface area contributed by atoms with Gasteiger partial charge in [0.25, 0.3) is 5.91 Å². The predicted octanol–water partition coefficient (Wildman–Crippen LogP) is 4.54. The second-order valence-corrected chi connectivity index (χ2v) is 5.80. The number of benzene rings is 2. The fourth-order valence-corrected chi connectivity index (χ4v) is 2.45. The van der Waals surface area contributed by atoms with Crippen molar-refractivity contribution in [1.29, 1.82) is 0 Å². The lowest BCUT2D eigenvalue weighted by Gasteiger charge is -2.05. The van der Waals surface area contributed by atoms with Gasteiger partial charge in [-0.25, -0.2) is 4.79 Å². The smallest absolute Gasteiger partial charge is 0.374 e. The summed E-state index contributed by atoms with van der Waals surface area (Å²) in [7, 11) is 0. The number of ether oxygens (including phenoxy) is 1. The van der Waals surface area contributed by atoms with Gasteiger partial charge >= 0.3 is 5.97 Å². The lowest BCUT2D eigenvalue weighted by Crippen LogP contribution is -2.20. The van der Waals surface area contributed by atoms with Crippen LogP contribution in [0.15, 0.2) is 52.9 Å². The molecule has 122 valence electrons. The number of fused-ring (bicyclic) bond motifs is 1. The highest BCUT2D eigenvalue weighted by Crippen LogP contribution is 2.23. The van der Waals surface area contributed by atoms with Gasteiger partial charge in [0.2, 0.25) is 5.76 Å². The van der Waals surface area contributed by atoms with E-state index in [2.05, 4.69) is 5.32 Å². The molecule has 0 aliphatic rings. The van der Waals surface area contributed by atoms with Crippen molar-refractivity contribution in [2.45, 2.75) is 0 Å². The second kappa shape index (κ2) is 6.95. The average molecular weight is 364 g/mol. The minimum atomic E-state index is -0.733. The molecule has 0 atom stereocenters. The van der Waals surface area contributed by atoms with Gasteiger partial charge in [-0.1, -0.05) is 29.3 Å². The first-order valence-electron chi connectivity index (χ1n) is 6.93. The summed E-state index contributed by atoms with van der Waals surface area (Å²) in [4.78, 5) is 23.8. The molecule has 1 amide bonds. The third-order valence-electron chi connectivity index (χ3n) is 3.12. The summed E-state index contributed by atoms with van der Waals surface area (Å²) in [6.45, 7) is -0.441. The molecule has 3 aromatic rings. The molecular weight excluding hydrogens is 353 g/mol. The van der Waals surface area contributed by atoms with E-state index < -0.39 is 18.5 Å². The maximum Gasteiger partial charge on any atom is 0.374 e. The fourth-order valence-electron chi connectivity index (χ4n) is 2.08. The summed E-state index contributed by atoms with van der Waals surface area (Å²) < 4.78 is 10.3. The SMILES string of the molecule is O=C(COC(=O)c1cc2cc(Cl)ccc2o1)Nc1cccc(Cl)c1. The first-order valence-corrected chi connectivity index (χ1v) is 7.68. The third kappa shape index (κ3) is 3.88. The molecule has 0 saturated heterocycles. The number of amides is 1. The summed E-state index contributed by atoms with van der Waals surface area (Å²) in [5.41, 5.74) is 1.02. The molecule has 0 radical (unpaired) electrons. The topological polar surface area (TPSA) is 68.5 Å². The molecule has 2 aromatic carbocycles. The van der Waals surface area contributed by atoms with E-state index in [-0.39, 0.29) is 5.76 Å². The highest BCUT2D eigenvalue weighted by atomic mass is 35.5. The molecule has 0 unspecified atom stereocenters. The Morgan fingerprint density at radius 1 is 1.04 bits per heavy atom. The Labute approximate surface area is 147 Å². The molecule has 3 rings (SSSR count). The largest absolute Gasteiger partial charge is 0.450 e. The maximum absolute atomic E-state index is 12.0.